The smallest absolute Gasteiger partial charge is 0.144 e. The molecule has 5 rings (SSSR count). The molecule has 140 valence electrons. The molecule has 0 aliphatic rings. The molecule has 4 aromatic carbocycles. The molecule has 0 amide bonds. The van der Waals surface area contributed by atoms with Crippen LogP contribution in [0, 0.1) is 0 Å². The number of rotatable bonds is 3. The summed E-state index contributed by atoms with van der Waals surface area (Å²) in [6.45, 7) is 0. The summed E-state index contributed by atoms with van der Waals surface area (Å²) < 4.78 is 6.45. The fourth-order valence-electron chi connectivity index (χ4n) is 3.56. The predicted octanol–water partition coefficient (Wildman–Crippen LogP) is 8.15. The number of fused-ring (bicyclic) bond motifs is 2. The van der Waals surface area contributed by atoms with Crippen LogP contribution in [0.5, 0.6) is 11.5 Å². The first-order valence-corrected chi connectivity index (χ1v) is 9.95. The molecule has 2 nitrogen and oxygen atoms in total. The highest BCUT2D eigenvalue weighted by molar-refractivity contribution is 6.47. The summed E-state index contributed by atoms with van der Waals surface area (Å²) in [4.78, 5) is 4.24. The lowest BCUT2D eigenvalue weighted by molar-refractivity contribution is 0.491. The van der Waals surface area contributed by atoms with Crippen LogP contribution < -0.4 is 4.74 Å². The van der Waals surface area contributed by atoms with Gasteiger partial charge < -0.3 is 4.74 Å². The van der Waals surface area contributed by atoms with Crippen molar-refractivity contribution < 1.29 is 4.74 Å². The Morgan fingerprint density at radius 1 is 0.690 bits per heavy atom. The van der Waals surface area contributed by atoms with Crippen molar-refractivity contribution in [1.82, 2.24) is 4.98 Å². The van der Waals surface area contributed by atoms with Gasteiger partial charge in [0, 0.05) is 34.3 Å². The normalized spacial score (nSPS) is 11.1. The highest BCUT2D eigenvalue weighted by atomic mass is 35.5. The summed E-state index contributed by atoms with van der Waals surface area (Å²) in [5.41, 5.74) is 1.58. The summed E-state index contributed by atoms with van der Waals surface area (Å²) in [6.07, 6.45) is 3.49. The molecule has 0 bridgehead atoms. The molecule has 1 aromatic heterocycles. The third kappa shape index (κ3) is 3.21. The summed E-state index contributed by atoms with van der Waals surface area (Å²) in [5.74, 6) is 1.40. The van der Waals surface area contributed by atoms with E-state index in [4.69, 9.17) is 27.9 Å². The molecule has 0 saturated carbocycles. The molecule has 0 saturated heterocycles. The van der Waals surface area contributed by atoms with Crippen LogP contribution in [0.3, 0.4) is 0 Å². The van der Waals surface area contributed by atoms with E-state index in [0.29, 0.717) is 15.8 Å². The van der Waals surface area contributed by atoms with Gasteiger partial charge in [-0.15, -0.1) is 0 Å². The zero-order valence-corrected chi connectivity index (χ0v) is 16.8. The van der Waals surface area contributed by atoms with Crippen LogP contribution in [-0.4, -0.2) is 4.98 Å². The third-order valence-corrected chi connectivity index (χ3v) is 5.81. The minimum absolute atomic E-state index is 0.453. The molecule has 0 N–H and O–H groups in total. The van der Waals surface area contributed by atoms with Crippen molar-refractivity contribution in [3.63, 3.8) is 0 Å². The van der Waals surface area contributed by atoms with Gasteiger partial charge in [0.25, 0.3) is 0 Å². The summed E-state index contributed by atoms with van der Waals surface area (Å²) in [7, 11) is 0. The van der Waals surface area contributed by atoms with Gasteiger partial charge in [-0.1, -0.05) is 83.9 Å². The molecule has 1 heterocycles. The molecule has 0 unspecified atom stereocenters. The zero-order chi connectivity index (χ0) is 19.8. The standard InChI is InChI=1S/C25H15Cl2NO/c26-23-20-9-3-4-10-21(20)25(22(24(23)27)18-8-5-13-28-15-18)29-19-12-11-16-6-1-2-7-17(16)14-19/h1-15H. The largest absolute Gasteiger partial charge is 0.456 e. The number of benzene rings is 4. The van der Waals surface area contributed by atoms with Crippen LogP contribution in [0.2, 0.25) is 10.0 Å². The van der Waals surface area contributed by atoms with E-state index in [2.05, 4.69) is 17.1 Å². The highest BCUT2D eigenvalue weighted by Crippen LogP contribution is 2.48. The fourth-order valence-corrected chi connectivity index (χ4v) is 4.11. The first kappa shape index (κ1) is 18.0. The molecule has 0 atom stereocenters. The molecule has 0 aliphatic carbocycles. The van der Waals surface area contributed by atoms with E-state index in [1.54, 1.807) is 12.4 Å². The number of halogens is 2. The van der Waals surface area contributed by atoms with Crippen LogP contribution >= 0.6 is 23.2 Å². The van der Waals surface area contributed by atoms with E-state index in [-0.39, 0.29) is 0 Å². The molecule has 0 fully saturated rings. The highest BCUT2D eigenvalue weighted by Gasteiger charge is 2.20. The van der Waals surface area contributed by atoms with E-state index in [0.717, 1.165) is 38.4 Å². The monoisotopic (exact) mass is 415 g/mol. The second kappa shape index (κ2) is 7.40. The van der Waals surface area contributed by atoms with Crippen LogP contribution in [0.15, 0.2) is 91.3 Å². The Bertz CT molecular complexity index is 1350. The lowest BCUT2D eigenvalue weighted by Crippen LogP contribution is -1.93. The Morgan fingerprint density at radius 3 is 2.24 bits per heavy atom. The Kier molecular flexibility index (Phi) is 4.59. The van der Waals surface area contributed by atoms with Gasteiger partial charge >= 0.3 is 0 Å². The van der Waals surface area contributed by atoms with Gasteiger partial charge in [0.05, 0.1) is 10.0 Å². The van der Waals surface area contributed by atoms with Gasteiger partial charge in [0.15, 0.2) is 0 Å². The zero-order valence-electron chi connectivity index (χ0n) is 15.3. The van der Waals surface area contributed by atoms with Gasteiger partial charge in [-0.25, -0.2) is 0 Å². The number of aromatic nitrogens is 1. The van der Waals surface area contributed by atoms with Crippen LogP contribution in [0.4, 0.5) is 0 Å². The molecular weight excluding hydrogens is 401 g/mol. The van der Waals surface area contributed by atoms with Gasteiger partial charge in [-0.3, -0.25) is 4.98 Å². The van der Waals surface area contributed by atoms with E-state index in [1.165, 1.54) is 0 Å². The minimum Gasteiger partial charge on any atom is -0.456 e. The predicted molar refractivity (Wildman–Crippen MR) is 121 cm³/mol. The van der Waals surface area contributed by atoms with Crippen molar-refractivity contribution >= 4 is 44.7 Å². The SMILES string of the molecule is Clc1c(-c2cccnc2)c(Oc2ccc3ccccc3c2)c2ccccc2c1Cl. The van der Waals surface area contributed by atoms with Gasteiger partial charge in [-0.2, -0.15) is 0 Å². The Morgan fingerprint density at radius 2 is 1.45 bits per heavy atom. The maximum Gasteiger partial charge on any atom is 0.144 e. The number of nitrogens with zero attached hydrogens (tertiary/aromatic N) is 1. The number of pyridine rings is 1. The van der Waals surface area contributed by atoms with Crippen molar-refractivity contribution in [2.24, 2.45) is 0 Å². The molecular formula is C25H15Cl2NO. The van der Waals surface area contributed by atoms with Crippen LogP contribution in [0.1, 0.15) is 0 Å². The Hall–Kier alpha value is -3.07. The molecule has 0 aliphatic heterocycles. The molecule has 0 radical (unpaired) electrons. The van der Waals surface area contributed by atoms with E-state index < -0.39 is 0 Å². The van der Waals surface area contributed by atoms with Gasteiger partial charge in [-0.05, 0) is 29.0 Å². The van der Waals surface area contributed by atoms with Crippen molar-refractivity contribution in [2.75, 3.05) is 0 Å². The minimum atomic E-state index is 0.453. The number of hydrogen-bond donors (Lipinski definition) is 0. The summed E-state index contributed by atoms with van der Waals surface area (Å²) >= 11 is 13.4. The van der Waals surface area contributed by atoms with Crippen molar-refractivity contribution in [1.29, 1.82) is 0 Å². The lowest BCUT2D eigenvalue weighted by atomic mass is 10.00. The number of ether oxygens (including phenoxy) is 1. The number of hydrogen-bond acceptors (Lipinski definition) is 2. The van der Waals surface area contributed by atoms with E-state index >= 15 is 0 Å². The first-order chi connectivity index (χ1) is 14.2. The molecule has 0 spiro atoms. The Labute approximate surface area is 178 Å². The average molecular weight is 416 g/mol. The van der Waals surface area contributed by atoms with E-state index in [9.17, 15) is 0 Å². The van der Waals surface area contributed by atoms with Crippen molar-refractivity contribution in [3.8, 4) is 22.6 Å². The van der Waals surface area contributed by atoms with Crippen molar-refractivity contribution in [3.05, 3.63) is 101 Å². The van der Waals surface area contributed by atoms with Gasteiger partial charge in [0.2, 0.25) is 0 Å². The summed E-state index contributed by atoms with van der Waals surface area (Å²) in [6, 6.07) is 25.9. The fraction of sp³-hybridized carbons (Fsp3) is 0. The lowest BCUT2D eigenvalue weighted by Gasteiger charge is -2.18. The third-order valence-electron chi connectivity index (χ3n) is 4.94. The summed E-state index contributed by atoms with van der Waals surface area (Å²) in [5, 5.41) is 4.97. The van der Waals surface area contributed by atoms with Crippen molar-refractivity contribution in [2.45, 2.75) is 0 Å². The average Bonchev–Trinajstić information content (AvgIpc) is 2.78. The second-order valence-corrected chi connectivity index (χ2v) is 7.49. The maximum atomic E-state index is 6.73. The van der Waals surface area contributed by atoms with Gasteiger partial charge in [0.1, 0.15) is 11.5 Å². The Balaban J connectivity index is 1.77. The van der Waals surface area contributed by atoms with Crippen LogP contribution in [0.25, 0.3) is 32.7 Å². The van der Waals surface area contributed by atoms with Crippen LogP contribution in [-0.2, 0) is 0 Å². The molecule has 5 aromatic rings. The maximum absolute atomic E-state index is 6.73. The quantitative estimate of drug-likeness (QED) is 0.296. The molecule has 4 heteroatoms. The molecule has 29 heavy (non-hydrogen) atoms. The van der Waals surface area contributed by atoms with E-state index in [1.807, 2.05) is 66.7 Å². The first-order valence-electron chi connectivity index (χ1n) is 9.19. The topological polar surface area (TPSA) is 22.1 Å². The second-order valence-electron chi connectivity index (χ2n) is 6.73.